The number of aliphatic hydroxyl groups is 1. The molecule has 0 bridgehead atoms. The molecule has 0 aromatic heterocycles. The maximum absolute atomic E-state index is 12.2. The number of aliphatic hydroxyl groups excluding tert-OH is 1. The van der Waals surface area contributed by atoms with E-state index in [2.05, 4.69) is 4.72 Å². The van der Waals surface area contributed by atoms with Gasteiger partial charge < -0.3 is 5.11 Å². The van der Waals surface area contributed by atoms with Crippen LogP contribution in [0.4, 0.5) is 0 Å². The maximum atomic E-state index is 12.2. The first-order valence-corrected chi connectivity index (χ1v) is 7.92. The molecule has 0 aliphatic heterocycles. The van der Waals surface area contributed by atoms with Crippen molar-refractivity contribution in [1.29, 1.82) is 0 Å². The van der Waals surface area contributed by atoms with E-state index >= 15 is 0 Å². The van der Waals surface area contributed by atoms with Gasteiger partial charge in [0.05, 0.1) is 4.90 Å². The number of hydrogen-bond donors (Lipinski definition) is 2. The number of hydrogen-bond acceptors (Lipinski definition) is 3. The fraction of sp³-hybridized carbons (Fsp3) is 0.333. The third-order valence-electron chi connectivity index (χ3n) is 3.20. The van der Waals surface area contributed by atoms with Crippen molar-refractivity contribution in [3.05, 3.63) is 42.5 Å². The van der Waals surface area contributed by atoms with Crippen molar-refractivity contribution >= 4 is 20.8 Å². The van der Waals surface area contributed by atoms with E-state index in [0.29, 0.717) is 0 Å². The van der Waals surface area contributed by atoms with Crippen LogP contribution in [0.1, 0.15) is 13.8 Å². The number of nitrogens with one attached hydrogen (secondary N) is 1. The second kappa shape index (κ2) is 5.52. The Bertz CT molecular complexity index is 708. The minimum atomic E-state index is -3.56. The minimum Gasteiger partial charge on any atom is -0.396 e. The highest BCUT2D eigenvalue weighted by Gasteiger charge is 2.21. The van der Waals surface area contributed by atoms with Gasteiger partial charge in [0, 0.05) is 18.6 Å². The summed E-state index contributed by atoms with van der Waals surface area (Å²) >= 11 is 0. The van der Waals surface area contributed by atoms with Gasteiger partial charge in [-0.3, -0.25) is 0 Å². The van der Waals surface area contributed by atoms with E-state index in [1.165, 1.54) is 0 Å². The number of fused-ring (bicyclic) bond motifs is 1. The first-order chi connectivity index (χ1) is 9.34. The molecule has 0 amide bonds. The summed E-state index contributed by atoms with van der Waals surface area (Å²) in [6, 6.07) is 12.7. The molecule has 20 heavy (non-hydrogen) atoms. The zero-order chi connectivity index (χ0) is 14.8. The lowest BCUT2D eigenvalue weighted by molar-refractivity contribution is 0.163. The Morgan fingerprint density at radius 1 is 1.10 bits per heavy atom. The van der Waals surface area contributed by atoms with Gasteiger partial charge in [-0.05, 0) is 22.9 Å². The van der Waals surface area contributed by atoms with Crippen molar-refractivity contribution in [2.24, 2.45) is 5.41 Å². The molecule has 0 aliphatic carbocycles. The molecule has 2 aromatic carbocycles. The molecule has 0 atom stereocenters. The van der Waals surface area contributed by atoms with E-state index in [-0.39, 0.29) is 18.0 Å². The summed E-state index contributed by atoms with van der Waals surface area (Å²) in [6.45, 7) is 3.72. The Labute approximate surface area is 119 Å². The summed E-state index contributed by atoms with van der Waals surface area (Å²) in [7, 11) is -3.56. The molecule has 0 radical (unpaired) electrons. The monoisotopic (exact) mass is 293 g/mol. The molecular weight excluding hydrogens is 274 g/mol. The van der Waals surface area contributed by atoms with Gasteiger partial charge >= 0.3 is 0 Å². The lowest BCUT2D eigenvalue weighted by Crippen LogP contribution is -2.36. The van der Waals surface area contributed by atoms with Crippen molar-refractivity contribution in [2.45, 2.75) is 18.7 Å². The van der Waals surface area contributed by atoms with Crippen molar-refractivity contribution in [3.8, 4) is 0 Å². The maximum Gasteiger partial charge on any atom is 0.240 e. The van der Waals surface area contributed by atoms with Crippen LogP contribution in [0.5, 0.6) is 0 Å². The van der Waals surface area contributed by atoms with E-state index in [1.807, 2.05) is 24.3 Å². The molecule has 0 fully saturated rings. The Hall–Kier alpha value is -1.43. The van der Waals surface area contributed by atoms with Gasteiger partial charge in [0.25, 0.3) is 0 Å². The molecule has 0 aliphatic rings. The predicted octanol–water partition coefficient (Wildman–Crippen LogP) is 2.14. The molecule has 5 heteroatoms. The molecule has 0 saturated carbocycles. The highest BCUT2D eigenvalue weighted by Crippen LogP contribution is 2.20. The highest BCUT2D eigenvalue weighted by atomic mass is 32.2. The van der Waals surface area contributed by atoms with Crippen molar-refractivity contribution in [1.82, 2.24) is 4.72 Å². The first-order valence-electron chi connectivity index (χ1n) is 6.43. The summed E-state index contributed by atoms with van der Waals surface area (Å²) in [4.78, 5) is 0.241. The average molecular weight is 293 g/mol. The molecule has 0 heterocycles. The zero-order valence-corrected chi connectivity index (χ0v) is 12.4. The number of rotatable bonds is 5. The smallest absolute Gasteiger partial charge is 0.240 e. The van der Waals surface area contributed by atoms with Crippen LogP contribution < -0.4 is 4.72 Å². The fourth-order valence-electron chi connectivity index (χ4n) is 1.76. The van der Waals surface area contributed by atoms with Gasteiger partial charge in [0.1, 0.15) is 0 Å². The van der Waals surface area contributed by atoms with Crippen LogP contribution in [0.15, 0.2) is 47.4 Å². The van der Waals surface area contributed by atoms with E-state index in [0.717, 1.165) is 10.8 Å². The van der Waals surface area contributed by atoms with Gasteiger partial charge in [-0.25, -0.2) is 13.1 Å². The Morgan fingerprint density at radius 2 is 1.75 bits per heavy atom. The van der Waals surface area contributed by atoms with Crippen molar-refractivity contribution in [2.75, 3.05) is 13.2 Å². The molecule has 108 valence electrons. The fourth-order valence-corrected chi connectivity index (χ4v) is 3.04. The highest BCUT2D eigenvalue weighted by molar-refractivity contribution is 7.89. The third-order valence-corrected chi connectivity index (χ3v) is 4.60. The third kappa shape index (κ3) is 3.36. The van der Waals surface area contributed by atoms with Crippen LogP contribution in [-0.2, 0) is 10.0 Å². The summed E-state index contributed by atoms with van der Waals surface area (Å²) in [5.74, 6) is 0. The predicted molar refractivity (Wildman–Crippen MR) is 80.0 cm³/mol. The van der Waals surface area contributed by atoms with E-state index in [4.69, 9.17) is 5.11 Å². The molecule has 0 unspecified atom stereocenters. The normalized spacial score (nSPS) is 12.8. The van der Waals surface area contributed by atoms with Crippen LogP contribution in [0.3, 0.4) is 0 Å². The number of sulfonamides is 1. The number of benzene rings is 2. The van der Waals surface area contributed by atoms with E-state index < -0.39 is 15.4 Å². The Morgan fingerprint density at radius 3 is 2.40 bits per heavy atom. The topological polar surface area (TPSA) is 66.4 Å². The van der Waals surface area contributed by atoms with Crippen LogP contribution in [0, 0.1) is 5.41 Å². The SMILES string of the molecule is CC(C)(CO)CNS(=O)(=O)c1ccc2ccccc2c1. The molecule has 2 aromatic rings. The summed E-state index contributed by atoms with van der Waals surface area (Å²) < 4.78 is 27.0. The molecule has 2 rings (SSSR count). The van der Waals surface area contributed by atoms with E-state index in [1.54, 1.807) is 32.0 Å². The second-order valence-corrected chi connectivity index (χ2v) is 7.42. The molecule has 0 spiro atoms. The van der Waals surface area contributed by atoms with Gasteiger partial charge in [-0.15, -0.1) is 0 Å². The van der Waals surface area contributed by atoms with Crippen molar-refractivity contribution in [3.63, 3.8) is 0 Å². The quantitative estimate of drug-likeness (QED) is 0.887. The Kier molecular flexibility index (Phi) is 4.13. The molecule has 4 nitrogen and oxygen atoms in total. The van der Waals surface area contributed by atoms with Crippen LogP contribution in [0.2, 0.25) is 0 Å². The van der Waals surface area contributed by atoms with Crippen LogP contribution in [0.25, 0.3) is 10.8 Å². The van der Waals surface area contributed by atoms with Gasteiger partial charge in [-0.2, -0.15) is 0 Å². The van der Waals surface area contributed by atoms with Crippen LogP contribution >= 0.6 is 0 Å². The minimum absolute atomic E-state index is 0.0762. The molecular formula is C15H19NO3S. The summed E-state index contributed by atoms with van der Waals surface area (Å²) in [5.41, 5.74) is -0.482. The lowest BCUT2D eigenvalue weighted by Gasteiger charge is -2.21. The summed E-state index contributed by atoms with van der Waals surface area (Å²) in [6.07, 6.45) is 0. The molecule has 0 saturated heterocycles. The van der Waals surface area contributed by atoms with E-state index in [9.17, 15) is 8.42 Å². The standard InChI is InChI=1S/C15H19NO3S/c1-15(2,11-17)10-16-20(18,19)14-8-7-12-5-3-4-6-13(12)9-14/h3-9,16-17H,10-11H2,1-2H3. The van der Waals surface area contributed by atoms with Gasteiger partial charge in [0.15, 0.2) is 0 Å². The summed E-state index contributed by atoms with van der Waals surface area (Å²) in [5, 5.41) is 11.1. The zero-order valence-electron chi connectivity index (χ0n) is 11.6. The van der Waals surface area contributed by atoms with Crippen LogP contribution in [-0.4, -0.2) is 26.7 Å². The van der Waals surface area contributed by atoms with Gasteiger partial charge in [-0.1, -0.05) is 44.2 Å². The average Bonchev–Trinajstić information content (AvgIpc) is 2.45. The van der Waals surface area contributed by atoms with Crippen molar-refractivity contribution < 1.29 is 13.5 Å². The first kappa shape index (κ1) is 15.0. The van der Waals surface area contributed by atoms with Gasteiger partial charge in [0.2, 0.25) is 10.0 Å². The second-order valence-electron chi connectivity index (χ2n) is 5.66. The molecule has 2 N–H and O–H groups in total. The lowest BCUT2D eigenvalue weighted by atomic mass is 9.96. The largest absolute Gasteiger partial charge is 0.396 e. The Balaban J connectivity index is 2.27.